The minimum Gasteiger partial charge on any atom is -0.127 e. The molecule has 0 aliphatic heterocycles. The van der Waals surface area contributed by atoms with Crippen molar-refractivity contribution in [3.8, 4) is 0 Å². The van der Waals surface area contributed by atoms with E-state index in [9.17, 15) is 0 Å². The summed E-state index contributed by atoms with van der Waals surface area (Å²) < 4.78 is 0. The number of hydrogen-bond acceptors (Lipinski definition) is 0. The van der Waals surface area contributed by atoms with Gasteiger partial charge in [-0.3, -0.25) is 0 Å². The molecule has 0 amide bonds. The highest BCUT2D eigenvalue weighted by molar-refractivity contribution is 6.17. The molecule has 0 aliphatic rings. The van der Waals surface area contributed by atoms with Crippen molar-refractivity contribution < 1.29 is 0 Å². The van der Waals surface area contributed by atoms with E-state index in [4.69, 9.17) is 23.2 Å². The maximum atomic E-state index is 5.77. The highest BCUT2D eigenvalue weighted by atomic mass is 35.5. The van der Waals surface area contributed by atoms with Gasteiger partial charge in [-0.25, -0.2) is 0 Å². The third kappa shape index (κ3) is 3.21. The molecule has 0 N–H and O–H groups in total. The summed E-state index contributed by atoms with van der Waals surface area (Å²) in [4.78, 5) is 0. The van der Waals surface area contributed by atoms with Gasteiger partial charge >= 0.3 is 0 Å². The monoisotopic (exact) mass is 216 g/mol. The summed E-state index contributed by atoms with van der Waals surface area (Å²) in [7, 11) is 0. The van der Waals surface area contributed by atoms with Crippen LogP contribution in [0, 0.1) is 6.92 Å². The highest BCUT2D eigenvalue weighted by Gasteiger charge is 1.98. The normalized spacial score (nSPS) is 10.4. The fourth-order valence-corrected chi connectivity index (χ4v) is 1.77. The van der Waals surface area contributed by atoms with E-state index in [-0.39, 0.29) is 0 Å². The maximum absolute atomic E-state index is 5.77. The molecule has 1 rings (SSSR count). The summed E-state index contributed by atoms with van der Waals surface area (Å²) in [5.74, 6) is 1.33. The first kappa shape index (κ1) is 10.9. The lowest BCUT2D eigenvalue weighted by Gasteiger charge is -2.05. The molecular formula is C11H14Cl2. The molecule has 0 aliphatic carbocycles. The first-order valence-electron chi connectivity index (χ1n) is 4.48. The Morgan fingerprint density at radius 2 is 2.00 bits per heavy atom. The number of rotatable bonds is 4. The fourth-order valence-electron chi connectivity index (χ4n) is 1.33. The molecule has 0 fully saturated rings. The van der Waals surface area contributed by atoms with Crippen molar-refractivity contribution in [3.05, 3.63) is 34.9 Å². The van der Waals surface area contributed by atoms with Gasteiger partial charge in [-0.2, -0.15) is 0 Å². The average Bonchev–Trinajstić information content (AvgIpc) is 2.15. The van der Waals surface area contributed by atoms with E-state index in [0.717, 1.165) is 18.7 Å². The molecule has 0 heterocycles. The van der Waals surface area contributed by atoms with Gasteiger partial charge in [0, 0.05) is 11.8 Å². The van der Waals surface area contributed by atoms with Crippen LogP contribution in [0.4, 0.5) is 0 Å². The summed E-state index contributed by atoms with van der Waals surface area (Å²) in [5.41, 5.74) is 3.85. The lowest BCUT2D eigenvalue weighted by molar-refractivity contribution is 0.925. The van der Waals surface area contributed by atoms with Crippen molar-refractivity contribution in [1.29, 1.82) is 0 Å². The minimum atomic E-state index is 0.599. The minimum absolute atomic E-state index is 0.599. The van der Waals surface area contributed by atoms with Gasteiger partial charge in [-0.1, -0.05) is 18.2 Å². The molecule has 1 aromatic rings. The van der Waals surface area contributed by atoms with Crippen LogP contribution in [0.1, 0.15) is 23.1 Å². The Balaban J connectivity index is 2.71. The van der Waals surface area contributed by atoms with E-state index in [1.165, 1.54) is 16.7 Å². The van der Waals surface area contributed by atoms with Gasteiger partial charge in [-0.05, 0) is 36.5 Å². The molecule has 0 aromatic heterocycles. The maximum Gasteiger partial charge on any atom is 0.0476 e. The van der Waals surface area contributed by atoms with Crippen molar-refractivity contribution in [2.75, 3.05) is 5.88 Å². The van der Waals surface area contributed by atoms with Crippen LogP contribution in [0.15, 0.2) is 18.2 Å². The Labute approximate surface area is 89.9 Å². The molecule has 0 bridgehead atoms. The predicted molar refractivity (Wildman–Crippen MR) is 59.8 cm³/mol. The van der Waals surface area contributed by atoms with E-state index in [0.29, 0.717) is 5.88 Å². The summed E-state index contributed by atoms with van der Waals surface area (Å²) >= 11 is 11.4. The molecule has 0 atom stereocenters. The van der Waals surface area contributed by atoms with Crippen LogP contribution in [0.2, 0.25) is 0 Å². The van der Waals surface area contributed by atoms with Gasteiger partial charge in [-0.15, -0.1) is 23.2 Å². The van der Waals surface area contributed by atoms with Crippen molar-refractivity contribution in [2.24, 2.45) is 0 Å². The second-order valence-corrected chi connectivity index (χ2v) is 3.83. The summed E-state index contributed by atoms with van der Waals surface area (Å²) in [6.07, 6.45) is 2.11. The van der Waals surface area contributed by atoms with Crippen LogP contribution >= 0.6 is 23.2 Å². The lowest BCUT2D eigenvalue weighted by atomic mass is 10.0. The summed E-state index contributed by atoms with van der Waals surface area (Å²) in [5, 5.41) is 0. The number of halogens is 2. The van der Waals surface area contributed by atoms with Gasteiger partial charge in [0.2, 0.25) is 0 Å². The topological polar surface area (TPSA) is 0 Å². The number of hydrogen-bond donors (Lipinski definition) is 0. The van der Waals surface area contributed by atoms with E-state index < -0.39 is 0 Å². The van der Waals surface area contributed by atoms with Gasteiger partial charge in [0.25, 0.3) is 0 Å². The first-order valence-corrected chi connectivity index (χ1v) is 5.55. The van der Waals surface area contributed by atoms with Gasteiger partial charge in [0.05, 0.1) is 0 Å². The zero-order valence-corrected chi connectivity index (χ0v) is 9.33. The zero-order valence-electron chi connectivity index (χ0n) is 7.82. The second-order valence-electron chi connectivity index (χ2n) is 3.19. The fraction of sp³-hybridized carbons (Fsp3) is 0.455. The van der Waals surface area contributed by atoms with Crippen molar-refractivity contribution in [1.82, 2.24) is 0 Å². The van der Waals surface area contributed by atoms with Crippen LogP contribution < -0.4 is 0 Å². The molecular weight excluding hydrogens is 203 g/mol. The molecule has 2 heteroatoms. The van der Waals surface area contributed by atoms with Gasteiger partial charge < -0.3 is 0 Å². The zero-order chi connectivity index (χ0) is 9.68. The second kappa shape index (κ2) is 5.51. The summed E-state index contributed by atoms with van der Waals surface area (Å²) in [6, 6.07) is 6.44. The third-order valence-electron chi connectivity index (χ3n) is 2.15. The predicted octanol–water partition coefficient (Wildman–Crippen LogP) is 3.91. The van der Waals surface area contributed by atoms with Crippen LogP contribution in [-0.2, 0) is 12.3 Å². The molecule has 0 saturated carbocycles. The van der Waals surface area contributed by atoms with Crippen LogP contribution in [0.25, 0.3) is 0 Å². The van der Waals surface area contributed by atoms with Crippen LogP contribution in [0.5, 0.6) is 0 Å². The molecule has 0 spiro atoms. The number of alkyl halides is 2. The van der Waals surface area contributed by atoms with Gasteiger partial charge in [0.15, 0.2) is 0 Å². The van der Waals surface area contributed by atoms with Crippen molar-refractivity contribution >= 4 is 23.2 Å². The Bertz CT molecular complexity index is 269. The Morgan fingerprint density at radius 3 is 2.54 bits per heavy atom. The van der Waals surface area contributed by atoms with E-state index in [1.54, 1.807) is 0 Å². The van der Waals surface area contributed by atoms with Crippen molar-refractivity contribution in [2.45, 2.75) is 25.6 Å². The third-order valence-corrected chi connectivity index (χ3v) is 2.71. The molecule has 13 heavy (non-hydrogen) atoms. The Hall–Kier alpha value is -0.200. The summed E-state index contributed by atoms with van der Waals surface area (Å²) in [6.45, 7) is 2.10. The Kier molecular flexibility index (Phi) is 4.61. The lowest BCUT2D eigenvalue weighted by Crippen LogP contribution is -1.90. The average molecular weight is 217 g/mol. The molecule has 0 nitrogen and oxygen atoms in total. The molecule has 0 saturated heterocycles. The standard InChI is InChI=1S/C11H14Cl2/c1-9-7-10(3-2-6-12)4-5-11(9)8-13/h4-5,7H,2-3,6,8H2,1H3. The van der Waals surface area contributed by atoms with Crippen molar-refractivity contribution in [3.63, 3.8) is 0 Å². The quantitative estimate of drug-likeness (QED) is 0.671. The smallest absolute Gasteiger partial charge is 0.0476 e. The van der Waals surface area contributed by atoms with E-state index in [2.05, 4.69) is 25.1 Å². The molecule has 1 aromatic carbocycles. The van der Waals surface area contributed by atoms with Crippen LogP contribution in [0.3, 0.4) is 0 Å². The molecule has 0 radical (unpaired) electrons. The SMILES string of the molecule is Cc1cc(CCCCl)ccc1CCl. The van der Waals surface area contributed by atoms with Crippen LogP contribution in [-0.4, -0.2) is 5.88 Å². The largest absolute Gasteiger partial charge is 0.127 e. The highest BCUT2D eigenvalue weighted by Crippen LogP contribution is 2.14. The van der Waals surface area contributed by atoms with E-state index >= 15 is 0 Å². The molecule has 0 unspecified atom stereocenters. The Morgan fingerprint density at radius 1 is 1.23 bits per heavy atom. The number of aryl methyl sites for hydroxylation is 2. The van der Waals surface area contributed by atoms with Gasteiger partial charge in [0.1, 0.15) is 0 Å². The molecule has 72 valence electrons. The number of benzene rings is 1. The first-order chi connectivity index (χ1) is 6.27. The van der Waals surface area contributed by atoms with E-state index in [1.807, 2.05) is 0 Å².